The van der Waals surface area contributed by atoms with Gasteiger partial charge in [0, 0.05) is 13.2 Å². The lowest BCUT2D eigenvalue weighted by molar-refractivity contribution is -0.141. The number of ether oxygens (including phenoxy) is 2. The van der Waals surface area contributed by atoms with Crippen LogP contribution in [0.3, 0.4) is 0 Å². The van der Waals surface area contributed by atoms with E-state index in [9.17, 15) is 4.79 Å². The van der Waals surface area contributed by atoms with Crippen molar-refractivity contribution in [3.63, 3.8) is 0 Å². The van der Waals surface area contributed by atoms with Crippen molar-refractivity contribution in [1.29, 1.82) is 0 Å². The summed E-state index contributed by atoms with van der Waals surface area (Å²) in [4.78, 5) is 11.5. The second kappa shape index (κ2) is 12.3. The minimum Gasteiger partial charge on any atom is -0.460 e. The van der Waals surface area contributed by atoms with Crippen LogP contribution in [0.25, 0.3) is 0 Å². The van der Waals surface area contributed by atoms with E-state index in [1.807, 2.05) is 26.8 Å². The largest absolute Gasteiger partial charge is 0.460 e. The number of methoxy groups -OCH3 is 1. The average Bonchev–Trinajstić information content (AvgIpc) is 2.37. The van der Waals surface area contributed by atoms with Crippen molar-refractivity contribution in [1.82, 2.24) is 0 Å². The summed E-state index contributed by atoms with van der Waals surface area (Å²) < 4.78 is 10.5. The molecule has 0 saturated carbocycles. The molecule has 0 aromatic heterocycles. The normalized spacial score (nSPS) is 14.0. The molecule has 0 N–H and O–H groups in total. The van der Waals surface area contributed by atoms with Crippen LogP contribution in [0, 0.1) is 5.92 Å². The summed E-state index contributed by atoms with van der Waals surface area (Å²) in [5, 5.41) is 0. The van der Waals surface area contributed by atoms with Crippen molar-refractivity contribution in [3.05, 3.63) is 23.8 Å². The Bertz CT molecular complexity index is 384. The van der Waals surface area contributed by atoms with Gasteiger partial charge >= 0.3 is 5.97 Å². The first kappa shape index (κ1) is 24.1. The molecular formula is C19H35FO3. The lowest BCUT2D eigenvalue weighted by atomic mass is 9.95. The van der Waals surface area contributed by atoms with Gasteiger partial charge in [0.1, 0.15) is 0 Å². The van der Waals surface area contributed by atoms with E-state index in [4.69, 9.17) is 9.47 Å². The summed E-state index contributed by atoms with van der Waals surface area (Å²) >= 11 is 0. The number of halogens is 1. The molecule has 0 bridgehead atoms. The molecule has 0 aromatic rings. The Morgan fingerprint density at radius 1 is 1.22 bits per heavy atom. The molecule has 0 heterocycles. The monoisotopic (exact) mass is 330 g/mol. The van der Waals surface area contributed by atoms with Crippen LogP contribution in [-0.2, 0) is 14.3 Å². The van der Waals surface area contributed by atoms with Crippen molar-refractivity contribution < 1.29 is 19.0 Å². The highest BCUT2D eigenvalue weighted by Gasteiger charge is 2.15. The van der Waals surface area contributed by atoms with Crippen molar-refractivity contribution in [3.8, 4) is 0 Å². The van der Waals surface area contributed by atoms with E-state index in [0.717, 1.165) is 18.4 Å². The van der Waals surface area contributed by atoms with E-state index in [1.165, 1.54) is 12.8 Å². The number of esters is 1. The fourth-order valence-electron chi connectivity index (χ4n) is 2.08. The van der Waals surface area contributed by atoms with Gasteiger partial charge in [0.15, 0.2) is 0 Å². The van der Waals surface area contributed by atoms with E-state index in [-0.39, 0.29) is 22.4 Å². The molecule has 0 saturated heterocycles. The average molecular weight is 330 g/mol. The van der Waals surface area contributed by atoms with Gasteiger partial charge in [-0.25, -0.2) is 4.79 Å². The van der Waals surface area contributed by atoms with Crippen molar-refractivity contribution in [2.45, 2.75) is 78.9 Å². The van der Waals surface area contributed by atoms with Crippen LogP contribution in [0.1, 0.15) is 67.2 Å². The maximum atomic E-state index is 11.5. The first-order valence-corrected chi connectivity index (χ1v) is 8.27. The van der Waals surface area contributed by atoms with Crippen LogP contribution >= 0.6 is 0 Å². The zero-order valence-corrected chi connectivity index (χ0v) is 15.8. The maximum absolute atomic E-state index is 11.5. The molecule has 4 heteroatoms. The Labute approximate surface area is 141 Å². The van der Waals surface area contributed by atoms with Crippen molar-refractivity contribution in [2.24, 2.45) is 5.92 Å². The molecule has 0 fully saturated rings. The van der Waals surface area contributed by atoms with Gasteiger partial charge < -0.3 is 9.47 Å². The Balaban J connectivity index is 0. The summed E-state index contributed by atoms with van der Waals surface area (Å²) in [7, 11) is 1.77. The molecule has 1 atom stereocenters. The number of carbonyl (C=O) groups is 1. The van der Waals surface area contributed by atoms with Crippen molar-refractivity contribution >= 4 is 5.97 Å². The van der Waals surface area contributed by atoms with E-state index in [2.05, 4.69) is 26.8 Å². The van der Waals surface area contributed by atoms with E-state index in [1.54, 1.807) is 13.2 Å². The molecule has 0 spiro atoms. The molecule has 0 aliphatic carbocycles. The van der Waals surface area contributed by atoms with Gasteiger partial charge in [0.2, 0.25) is 0 Å². The van der Waals surface area contributed by atoms with Crippen LogP contribution in [0.5, 0.6) is 0 Å². The van der Waals surface area contributed by atoms with Gasteiger partial charge in [-0.3, -0.25) is 4.70 Å². The highest BCUT2D eigenvalue weighted by atomic mass is 19.0. The van der Waals surface area contributed by atoms with Gasteiger partial charge in [-0.2, -0.15) is 0 Å². The van der Waals surface area contributed by atoms with Gasteiger partial charge in [0.25, 0.3) is 0 Å². The maximum Gasteiger partial charge on any atom is 0.331 e. The number of allylic oxidation sites excluding steroid dienone is 3. The Morgan fingerprint density at radius 3 is 2.35 bits per heavy atom. The fourth-order valence-corrected chi connectivity index (χ4v) is 2.08. The van der Waals surface area contributed by atoms with Crippen molar-refractivity contribution in [2.75, 3.05) is 7.11 Å². The first-order chi connectivity index (χ1) is 10.2. The quantitative estimate of drug-likeness (QED) is 0.313. The van der Waals surface area contributed by atoms with Crippen LogP contribution in [0.15, 0.2) is 23.8 Å². The van der Waals surface area contributed by atoms with Crippen LogP contribution < -0.4 is 0 Å². The SMILES string of the molecule is COC(C)(C)CCCC(C)CC=CC(C)=CC(=O)OC(C)C.F. The third kappa shape index (κ3) is 14.2. The third-order valence-corrected chi connectivity index (χ3v) is 3.64. The zero-order valence-electron chi connectivity index (χ0n) is 15.8. The third-order valence-electron chi connectivity index (χ3n) is 3.64. The Kier molecular flexibility index (Phi) is 12.9. The van der Waals surface area contributed by atoms with Crippen LogP contribution in [-0.4, -0.2) is 24.8 Å². The lowest BCUT2D eigenvalue weighted by Crippen LogP contribution is -2.22. The molecule has 0 aromatic carbocycles. The summed E-state index contributed by atoms with van der Waals surface area (Å²) in [5.74, 6) is 0.367. The molecule has 136 valence electrons. The van der Waals surface area contributed by atoms with Crippen LogP contribution in [0.2, 0.25) is 0 Å². The lowest BCUT2D eigenvalue weighted by Gasteiger charge is -2.23. The Hall–Kier alpha value is -1.16. The number of carbonyl (C=O) groups excluding carboxylic acids is 1. The second-order valence-corrected chi connectivity index (χ2v) is 6.97. The molecule has 23 heavy (non-hydrogen) atoms. The first-order valence-electron chi connectivity index (χ1n) is 8.27. The zero-order chi connectivity index (χ0) is 17.2. The number of rotatable bonds is 10. The molecule has 0 radical (unpaired) electrons. The smallest absolute Gasteiger partial charge is 0.331 e. The molecule has 3 nitrogen and oxygen atoms in total. The number of hydrogen-bond donors (Lipinski definition) is 0. The minimum absolute atomic E-state index is 0. The topological polar surface area (TPSA) is 35.5 Å². The molecule has 0 amide bonds. The van der Waals surface area contributed by atoms with E-state index in [0.29, 0.717) is 5.92 Å². The van der Waals surface area contributed by atoms with Gasteiger partial charge in [-0.15, -0.1) is 0 Å². The van der Waals surface area contributed by atoms with Gasteiger partial charge in [-0.05, 0) is 59.0 Å². The molecule has 0 rings (SSSR count). The van der Waals surface area contributed by atoms with Gasteiger partial charge in [-0.1, -0.05) is 31.9 Å². The summed E-state index contributed by atoms with van der Waals surface area (Å²) in [6.45, 7) is 12.1. The van der Waals surface area contributed by atoms with Crippen LogP contribution in [0.4, 0.5) is 4.70 Å². The highest BCUT2D eigenvalue weighted by molar-refractivity contribution is 5.83. The van der Waals surface area contributed by atoms with E-state index >= 15 is 0 Å². The summed E-state index contributed by atoms with van der Waals surface area (Å²) in [5.41, 5.74) is 0.907. The minimum atomic E-state index is -0.271. The standard InChI is InChI=1S/C19H34O3.FH/c1-15(2)22-18(20)14-17(4)11-8-10-16(3)12-9-13-19(5,6)21-7;/h8,11,14-16H,9-10,12-13H2,1-7H3;1H. The fraction of sp³-hybridized carbons (Fsp3) is 0.737. The summed E-state index contributed by atoms with van der Waals surface area (Å²) in [6, 6.07) is 0. The summed E-state index contributed by atoms with van der Waals surface area (Å²) in [6.07, 6.45) is 10.1. The predicted molar refractivity (Wildman–Crippen MR) is 95.3 cm³/mol. The van der Waals surface area contributed by atoms with Gasteiger partial charge in [0.05, 0.1) is 11.7 Å². The molecule has 0 aliphatic rings. The van der Waals surface area contributed by atoms with E-state index < -0.39 is 0 Å². The molecular weight excluding hydrogens is 295 g/mol. The highest BCUT2D eigenvalue weighted by Crippen LogP contribution is 2.20. The second-order valence-electron chi connectivity index (χ2n) is 6.97. The number of hydrogen-bond acceptors (Lipinski definition) is 3. The predicted octanol–water partition coefficient (Wildman–Crippen LogP) is 5.21. The molecule has 0 aliphatic heterocycles. The molecule has 1 unspecified atom stereocenters. The Morgan fingerprint density at radius 2 is 1.83 bits per heavy atom.